The molecule has 2 aromatic carbocycles. The van der Waals surface area contributed by atoms with Gasteiger partial charge >= 0.3 is 0 Å². The number of hydrogen-bond donors (Lipinski definition) is 0. The molecule has 0 N–H and O–H groups in total. The lowest BCUT2D eigenvalue weighted by Gasteiger charge is -2.38. The highest BCUT2D eigenvalue weighted by Crippen LogP contribution is 2.28. The Bertz CT molecular complexity index is 861. The number of methoxy groups -OCH3 is 1. The molecule has 0 bridgehead atoms. The highest BCUT2D eigenvalue weighted by atomic mass is 79.9. The maximum atomic E-state index is 12.9. The van der Waals surface area contributed by atoms with Gasteiger partial charge in [0.15, 0.2) is 0 Å². The number of imide groups is 1. The molecule has 0 spiro atoms. The minimum Gasteiger partial charge on any atom is -0.497 e. The van der Waals surface area contributed by atoms with Crippen LogP contribution in [-0.2, 0) is 9.59 Å². The van der Waals surface area contributed by atoms with Crippen LogP contribution >= 0.6 is 15.9 Å². The molecule has 6 nitrogen and oxygen atoms in total. The molecule has 1 atom stereocenters. The van der Waals surface area contributed by atoms with Crippen molar-refractivity contribution in [2.24, 2.45) is 0 Å². The van der Waals surface area contributed by atoms with E-state index in [9.17, 15) is 9.59 Å². The highest BCUT2D eigenvalue weighted by Gasteiger charge is 2.43. The number of halogens is 1. The van der Waals surface area contributed by atoms with Gasteiger partial charge < -0.3 is 9.64 Å². The van der Waals surface area contributed by atoms with Gasteiger partial charge in [-0.2, -0.15) is 0 Å². The van der Waals surface area contributed by atoms with Crippen molar-refractivity contribution in [2.45, 2.75) is 12.5 Å². The van der Waals surface area contributed by atoms with Crippen molar-refractivity contribution in [1.29, 1.82) is 0 Å². The third-order valence-corrected chi connectivity index (χ3v) is 5.93. The first-order chi connectivity index (χ1) is 13.6. The quantitative estimate of drug-likeness (QED) is 0.679. The van der Waals surface area contributed by atoms with E-state index in [1.807, 2.05) is 36.4 Å². The van der Waals surface area contributed by atoms with Crippen LogP contribution in [0.5, 0.6) is 5.75 Å². The number of anilines is 2. The molecular weight excluding hydrogens is 422 g/mol. The fraction of sp³-hybridized carbons (Fsp3) is 0.333. The summed E-state index contributed by atoms with van der Waals surface area (Å²) in [6, 6.07) is 14.9. The molecule has 28 heavy (non-hydrogen) atoms. The molecular formula is C21H22BrN3O3. The van der Waals surface area contributed by atoms with Crippen molar-refractivity contribution in [2.75, 3.05) is 43.1 Å². The molecule has 2 aromatic rings. The number of benzene rings is 2. The van der Waals surface area contributed by atoms with E-state index in [1.165, 1.54) is 4.90 Å². The first-order valence-electron chi connectivity index (χ1n) is 9.32. The van der Waals surface area contributed by atoms with Crippen LogP contribution in [0.4, 0.5) is 11.4 Å². The Balaban J connectivity index is 1.41. The normalized spacial score (nSPS) is 20.7. The summed E-state index contributed by atoms with van der Waals surface area (Å²) in [4.78, 5) is 31.2. The first-order valence-corrected chi connectivity index (χ1v) is 10.1. The number of nitrogens with zero attached hydrogens (tertiary/aromatic N) is 3. The van der Waals surface area contributed by atoms with Gasteiger partial charge in [-0.1, -0.05) is 15.9 Å². The van der Waals surface area contributed by atoms with Crippen LogP contribution in [0.3, 0.4) is 0 Å². The Hall–Kier alpha value is -2.38. The monoisotopic (exact) mass is 443 g/mol. The standard InChI is InChI=1S/C21H22BrN3O3/c1-28-18-8-6-16(7-9-18)23-10-12-24(13-11-23)19-14-20(26)25(21(19)27)17-4-2-15(22)3-5-17/h2-9,19H,10-14H2,1H3/t19-/m0/s1. The Morgan fingerprint density at radius 2 is 1.50 bits per heavy atom. The average molecular weight is 444 g/mol. The minimum atomic E-state index is -0.367. The first kappa shape index (κ1) is 19.0. The second kappa shape index (κ2) is 7.93. The number of ether oxygens (including phenoxy) is 1. The molecule has 2 heterocycles. The van der Waals surface area contributed by atoms with Crippen LogP contribution in [0.25, 0.3) is 0 Å². The lowest BCUT2D eigenvalue weighted by atomic mass is 10.1. The zero-order valence-electron chi connectivity index (χ0n) is 15.7. The maximum absolute atomic E-state index is 12.9. The van der Waals surface area contributed by atoms with Gasteiger partial charge in [0.2, 0.25) is 5.91 Å². The zero-order chi connectivity index (χ0) is 19.7. The Labute approximate surface area is 172 Å². The van der Waals surface area contributed by atoms with Gasteiger partial charge in [0.25, 0.3) is 5.91 Å². The molecule has 0 unspecified atom stereocenters. The molecule has 2 aliphatic heterocycles. The highest BCUT2D eigenvalue weighted by molar-refractivity contribution is 9.10. The Morgan fingerprint density at radius 1 is 0.893 bits per heavy atom. The predicted octanol–water partition coefficient (Wildman–Crippen LogP) is 2.91. The van der Waals surface area contributed by atoms with Crippen molar-refractivity contribution < 1.29 is 14.3 Å². The minimum absolute atomic E-state index is 0.120. The number of hydrogen-bond acceptors (Lipinski definition) is 5. The van der Waals surface area contributed by atoms with Crippen LogP contribution in [-0.4, -0.2) is 56.0 Å². The second-order valence-electron chi connectivity index (χ2n) is 6.98. The van der Waals surface area contributed by atoms with E-state index >= 15 is 0 Å². The van der Waals surface area contributed by atoms with Gasteiger partial charge in [0.05, 0.1) is 25.3 Å². The Morgan fingerprint density at radius 3 is 2.11 bits per heavy atom. The molecule has 7 heteroatoms. The van der Waals surface area contributed by atoms with Crippen molar-refractivity contribution >= 4 is 39.1 Å². The summed E-state index contributed by atoms with van der Waals surface area (Å²) in [5, 5.41) is 0. The maximum Gasteiger partial charge on any atom is 0.251 e. The number of rotatable bonds is 4. The molecule has 4 rings (SSSR count). The van der Waals surface area contributed by atoms with Gasteiger partial charge in [0.1, 0.15) is 5.75 Å². The number of carbonyl (C=O) groups is 2. The molecule has 2 fully saturated rings. The summed E-state index contributed by atoms with van der Waals surface area (Å²) < 4.78 is 6.13. The van der Waals surface area contributed by atoms with Crippen LogP contribution in [0.2, 0.25) is 0 Å². The topological polar surface area (TPSA) is 53.1 Å². The summed E-state index contributed by atoms with van der Waals surface area (Å²) in [6.07, 6.45) is 0.247. The lowest BCUT2D eigenvalue weighted by molar-refractivity contribution is -0.123. The van der Waals surface area contributed by atoms with E-state index < -0.39 is 0 Å². The molecule has 146 valence electrons. The van der Waals surface area contributed by atoms with E-state index in [0.717, 1.165) is 42.1 Å². The van der Waals surface area contributed by atoms with Crippen molar-refractivity contribution in [1.82, 2.24) is 4.90 Å². The third kappa shape index (κ3) is 3.64. The molecule has 0 aromatic heterocycles. The summed E-state index contributed by atoms with van der Waals surface area (Å²) >= 11 is 3.38. The molecule has 2 amide bonds. The zero-order valence-corrected chi connectivity index (χ0v) is 17.3. The average Bonchev–Trinajstić information content (AvgIpc) is 3.03. The number of piperazine rings is 1. The van der Waals surface area contributed by atoms with E-state index in [1.54, 1.807) is 19.2 Å². The SMILES string of the molecule is COc1ccc(N2CCN([C@H]3CC(=O)N(c4ccc(Br)cc4)C3=O)CC2)cc1. The molecule has 0 aliphatic carbocycles. The third-order valence-electron chi connectivity index (χ3n) is 5.40. The number of carbonyl (C=O) groups excluding carboxylic acids is 2. The molecule has 0 saturated carbocycles. The summed E-state index contributed by atoms with van der Waals surface area (Å²) in [7, 11) is 1.66. The van der Waals surface area contributed by atoms with Crippen LogP contribution < -0.4 is 14.5 Å². The van der Waals surface area contributed by atoms with Gasteiger partial charge in [0, 0.05) is 36.3 Å². The van der Waals surface area contributed by atoms with Crippen molar-refractivity contribution in [3.8, 4) is 5.75 Å². The molecule has 2 aliphatic rings. The van der Waals surface area contributed by atoms with Crippen molar-refractivity contribution in [3.05, 3.63) is 53.0 Å². The molecule has 0 radical (unpaired) electrons. The van der Waals surface area contributed by atoms with Crippen molar-refractivity contribution in [3.63, 3.8) is 0 Å². The largest absolute Gasteiger partial charge is 0.497 e. The lowest BCUT2D eigenvalue weighted by Crippen LogP contribution is -2.52. The van der Waals surface area contributed by atoms with E-state index in [4.69, 9.17) is 4.74 Å². The predicted molar refractivity (Wildman–Crippen MR) is 112 cm³/mol. The smallest absolute Gasteiger partial charge is 0.251 e. The Kier molecular flexibility index (Phi) is 5.37. The fourth-order valence-electron chi connectivity index (χ4n) is 3.85. The van der Waals surface area contributed by atoms with E-state index in [0.29, 0.717) is 5.69 Å². The van der Waals surface area contributed by atoms with Gasteiger partial charge in [-0.3, -0.25) is 14.5 Å². The van der Waals surface area contributed by atoms with Crippen LogP contribution in [0.1, 0.15) is 6.42 Å². The van der Waals surface area contributed by atoms with E-state index in [2.05, 4.69) is 25.7 Å². The molecule has 2 saturated heterocycles. The van der Waals surface area contributed by atoms with Crippen LogP contribution in [0, 0.1) is 0 Å². The second-order valence-corrected chi connectivity index (χ2v) is 7.90. The van der Waals surface area contributed by atoms with Gasteiger partial charge in [-0.15, -0.1) is 0 Å². The van der Waals surface area contributed by atoms with Crippen LogP contribution in [0.15, 0.2) is 53.0 Å². The summed E-state index contributed by atoms with van der Waals surface area (Å²) in [5.41, 5.74) is 1.78. The van der Waals surface area contributed by atoms with Gasteiger partial charge in [-0.25, -0.2) is 4.90 Å². The summed E-state index contributed by atoms with van der Waals surface area (Å²) in [6.45, 7) is 3.15. The number of amides is 2. The fourth-order valence-corrected chi connectivity index (χ4v) is 4.11. The van der Waals surface area contributed by atoms with E-state index in [-0.39, 0.29) is 24.3 Å². The summed E-state index contributed by atoms with van der Waals surface area (Å²) in [5.74, 6) is 0.589. The van der Waals surface area contributed by atoms with Gasteiger partial charge in [-0.05, 0) is 48.5 Å².